The fraction of sp³-hybridized carbons (Fsp3) is 0.632. The van der Waals surface area contributed by atoms with Gasteiger partial charge in [-0.25, -0.2) is 4.79 Å². The van der Waals surface area contributed by atoms with E-state index >= 15 is 9.59 Å². The van der Waals surface area contributed by atoms with E-state index in [1.807, 2.05) is 32.8 Å². The van der Waals surface area contributed by atoms with Crippen LogP contribution in [0.15, 0.2) is 16.2 Å². The molecule has 280 valence electrons. The van der Waals surface area contributed by atoms with Crippen LogP contribution in [0.1, 0.15) is 110 Å². The van der Waals surface area contributed by atoms with Gasteiger partial charge in [-0.1, -0.05) is 47.5 Å². The Labute approximate surface area is 301 Å². The molecule has 1 heterocycles. The molecule has 12 nitrogen and oxygen atoms in total. The molecule has 0 amide bonds. The summed E-state index contributed by atoms with van der Waals surface area (Å²) < 4.78 is 30.5. The Morgan fingerprint density at radius 1 is 1.08 bits per heavy atom. The fourth-order valence-electron chi connectivity index (χ4n) is 7.56. The highest BCUT2D eigenvalue weighted by Crippen LogP contribution is 2.61. The summed E-state index contributed by atoms with van der Waals surface area (Å²) in [6, 6.07) is 0.867. The number of hydrogen-bond acceptors (Lipinski definition) is 11. The number of benzene rings is 1. The van der Waals surface area contributed by atoms with Crippen molar-refractivity contribution in [3.63, 3.8) is 0 Å². The van der Waals surface area contributed by atoms with Crippen molar-refractivity contribution in [1.82, 2.24) is 10.1 Å². The molecule has 1 fully saturated rings. The molecule has 4 atom stereocenters. The van der Waals surface area contributed by atoms with Crippen LogP contribution in [0.25, 0.3) is 5.76 Å². The zero-order valence-corrected chi connectivity index (χ0v) is 32.7. The Morgan fingerprint density at radius 3 is 2.29 bits per heavy atom. The number of ether oxygens (including phenoxy) is 3. The SMILES string of the molecule is CCCCOc1noc2c1C(=O)[C@@]1(CO[Si](C)(C)C(C)(C)C)C(=O)C3=C(O)c4c(c(OC)cc(C(=O)O)c4OCCCC)C[C@H]3C[C@H]1[C@@H]2N(C)C. The minimum absolute atomic E-state index is 0.0224. The second-order valence-corrected chi connectivity index (χ2v) is 20.6. The van der Waals surface area contributed by atoms with Gasteiger partial charge in [0.25, 0.3) is 5.88 Å². The van der Waals surface area contributed by atoms with E-state index in [1.54, 1.807) is 0 Å². The van der Waals surface area contributed by atoms with Gasteiger partial charge in [0.2, 0.25) is 0 Å². The van der Waals surface area contributed by atoms with E-state index in [1.165, 1.54) is 13.2 Å². The average Bonchev–Trinajstić information content (AvgIpc) is 3.47. The molecular weight excluding hydrogens is 673 g/mol. The van der Waals surface area contributed by atoms with Crippen LogP contribution in [0.3, 0.4) is 0 Å². The molecule has 51 heavy (non-hydrogen) atoms. The quantitative estimate of drug-likeness (QED) is 0.114. The molecule has 0 radical (unpaired) electrons. The Bertz CT molecular complexity index is 1720. The smallest absolute Gasteiger partial charge is 0.339 e. The van der Waals surface area contributed by atoms with Crippen LogP contribution < -0.4 is 14.2 Å². The maximum atomic E-state index is 15.5. The minimum Gasteiger partial charge on any atom is -0.507 e. The molecule has 2 N–H and O–H groups in total. The number of hydrogen-bond donors (Lipinski definition) is 2. The number of aromatic carboxylic acids is 1. The maximum absolute atomic E-state index is 15.5. The van der Waals surface area contributed by atoms with E-state index in [-0.39, 0.29) is 64.3 Å². The zero-order chi connectivity index (χ0) is 37.6. The van der Waals surface area contributed by atoms with Crippen molar-refractivity contribution in [1.29, 1.82) is 0 Å². The molecule has 13 heteroatoms. The van der Waals surface area contributed by atoms with Gasteiger partial charge in [-0.2, -0.15) is 0 Å². The molecule has 0 unspecified atom stereocenters. The van der Waals surface area contributed by atoms with Crippen molar-refractivity contribution >= 4 is 31.6 Å². The fourth-order valence-corrected chi connectivity index (χ4v) is 8.58. The molecule has 0 aliphatic heterocycles. The van der Waals surface area contributed by atoms with Crippen LogP contribution in [0, 0.1) is 17.3 Å². The molecule has 3 aliphatic rings. The Balaban J connectivity index is 1.78. The van der Waals surface area contributed by atoms with Gasteiger partial charge in [0.05, 0.1) is 38.5 Å². The van der Waals surface area contributed by atoms with E-state index in [9.17, 15) is 15.0 Å². The number of aliphatic hydroxyl groups excluding tert-OH is 1. The van der Waals surface area contributed by atoms with E-state index in [4.69, 9.17) is 23.2 Å². The number of carbonyl (C=O) groups excluding carboxylic acids is 2. The molecular formula is C38H54N2O10Si. The van der Waals surface area contributed by atoms with Crippen LogP contribution in [-0.4, -0.2) is 87.1 Å². The number of fused-ring (bicyclic) bond motifs is 4. The molecule has 0 saturated heterocycles. The lowest BCUT2D eigenvalue weighted by Crippen LogP contribution is -2.61. The highest BCUT2D eigenvalue weighted by Gasteiger charge is 2.66. The van der Waals surface area contributed by atoms with Gasteiger partial charge in [-0.3, -0.25) is 14.5 Å². The summed E-state index contributed by atoms with van der Waals surface area (Å²) in [7, 11) is 2.66. The number of allylic oxidation sites excluding steroid dienone is 1. The number of carboxylic acid groups (broad SMARTS) is 1. The standard InChI is InChI=1S/C38H54N2O10Si/c1-11-13-15-47-31-23(36(44)45)19-25(46-8)22-17-21-18-24-29(40(6)7)32-28(35(39-50-32)48-16-14-12-2)34(43)38(24,20-49-51(9,10)37(3,4)5)33(42)26(21)30(41)27(22)31/h19,21,24,29,41H,11-18,20H2,1-10H3,(H,44,45)/t21-,24-,29-,38+/m0/s1. The monoisotopic (exact) mass is 726 g/mol. The van der Waals surface area contributed by atoms with Crippen molar-refractivity contribution in [2.45, 2.75) is 97.3 Å². The average molecular weight is 727 g/mol. The lowest BCUT2D eigenvalue weighted by molar-refractivity contribution is -0.134. The van der Waals surface area contributed by atoms with Gasteiger partial charge >= 0.3 is 5.97 Å². The number of Topliss-reactive ketones (excluding diaryl/α,β-unsaturated/α-hetero) is 2. The number of methoxy groups -OCH3 is 1. The first-order valence-electron chi connectivity index (χ1n) is 18.0. The van der Waals surface area contributed by atoms with Crippen molar-refractivity contribution in [2.24, 2.45) is 17.3 Å². The lowest BCUT2D eigenvalue weighted by atomic mass is 9.51. The number of carboxylic acids is 1. The summed E-state index contributed by atoms with van der Waals surface area (Å²) in [5.74, 6) is -3.20. The van der Waals surface area contributed by atoms with Crippen molar-refractivity contribution in [3.05, 3.63) is 39.7 Å². The summed E-state index contributed by atoms with van der Waals surface area (Å²) in [5.41, 5.74) is -1.09. The van der Waals surface area contributed by atoms with Crippen molar-refractivity contribution in [3.8, 4) is 17.4 Å². The number of nitrogens with zero attached hydrogens (tertiary/aromatic N) is 2. The van der Waals surface area contributed by atoms with Crippen LogP contribution in [0.2, 0.25) is 18.1 Å². The van der Waals surface area contributed by atoms with Crippen LogP contribution in [-0.2, 0) is 15.6 Å². The molecule has 3 aliphatic carbocycles. The van der Waals surface area contributed by atoms with Gasteiger partial charge in [-0.05, 0) is 75.1 Å². The molecule has 2 aromatic rings. The summed E-state index contributed by atoms with van der Waals surface area (Å²) in [6.45, 7) is 14.8. The molecule has 1 aromatic carbocycles. The minimum atomic E-state index is -2.54. The first-order valence-corrected chi connectivity index (χ1v) is 20.9. The zero-order valence-electron chi connectivity index (χ0n) is 31.7. The van der Waals surface area contributed by atoms with Crippen LogP contribution >= 0.6 is 0 Å². The summed E-state index contributed by atoms with van der Waals surface area (Å²) in [5, 5.41) is 26.5. The normalized spacial score (nSPS) is 23.1. The van der Waals surface area contributed by atoms with Crippen LogP contribution in [0.4, 0.5) is 0 Å². The summed E-state index contributed by atoms with van der Waals surface area (Å²) >= 11 is 0. The highest BCUT2D eigenvalue weighted by atomic mass is 28.4. The number of aromatic nitrogens is 1. The predicted octanol–water partition coefficient (Wildman–Crippen LogP) is 7.28. The number of carbonyl (C=O) groups is 3. The van der Waals surface area contributed by atoms with Gasteiger partial charge in [0, 0.05) is 17.1 Å². The largest absolute Gasteiger partial charge is 0.507 e. The Hall–Kier alpha value is -3.68. The second kappa shape index (κ2) is 14.4. The molecule has 5 rings (SSSR count). The van der Waals surface area contributed by atoms with E-state index in [0.29, 0.717) is 30.8 Å². The highest BCUT2D eigenvalue weighted by molar-refractivity contribution is 6.74. The lowest BCUT2D eigenvalue weighted by Gasteiger charge is -2.53. The number of unbranched alkanes of at least 4 members (excludes halogenated alkanes) is 2. The van der Waals surface area contributed by atoms with Gasteiger partial charge in [0.15, 0.2) is 25.6 Å². The molecule has 1 saturated carbocycles. The molecule has 0 bridgehead atoms. The number of ketones is 2. The summed E-state index contributed by atoms with van der Waals surface area (Å²) in [4.78, 5) is 45.2. The van der Waals surface area contributed by atoms with Crippen LogP contribution in [0.5, 0.6) is 17.4 Å². The van der Waals surface area contributed by atoms with E-state index in [2.05, 4.69) is 39.0 Å². The van der Waals surface area contributed by atoms with Gasteiger partial charge in [-0.15, -0.1) is 0 Å². The maximum Gasteiger partial charge on any atom is 0.339 e. The van der Waals surface area contributed by atoms with E-state index in [0.717, 1.165) is 19.3 Å². The number of aliphatic hydroxyl groups is 1. The third-order valence-electron chi connectivity index (χ3n) is 11.4. The summed E-state index contributed by atoms with van der Waals surface area (Å²) in [6.07, 6.45) is 3.64. The van der Waals surface area contributed by atoms with Crippen molar-refractivity contribution in [2.75, 3.05) is 41.0 Å². The first-order chi connectivity index (χ1) is 24.0. The third-order valence-corrected chi connectivity index (χ3v) is 15.9. The van der Waals surface area contributed by atoms with Gasteiger partial charge < -0.3 is 33.4 Å². The Morgan fingerprint density at radius 2 is 1.73 bits per heavy atom. The second-order valence-electron chi connectivity index (χ2n) is 15.8. The first kappa shape index (κ1) is 38.5. The van der Waals surface area contributed by atoms with E-state index < -0.39 is 54.9 Å². The molecule has 0 spiro atoms. The molecule has 1 aromatic heterocycles. The van der Waals surface area contributed by atoms with Gasteiger partial charge in [0.1, 0.15) is 33.8 Å². The Kier molecular flexibility index (Phi) is 10.9. The van der Waals surface area contributed by atoms with Crippen molar-refractivity contribution < 1.29 is 47.8 Å². The predicted molar refractivity (Wildman–Crippen MR) is 193 cm³/mol. The number of rotatable bonds is 14. The topological polar surface area (TPSA) is 158 Å². The third kappa shape index (κ3) is 6.39.